The molecular formula is C20H15BrFN3O. The number of fused-ring (bicyclic) bond motifs is 1. The van der Waals surface area contributed by atoms with E-state index in [1.165, 1.54) is 6.20 Å². The third-order valence-corrected chi connectivity index (χ3v) is 4.74. The third-order valence-electron chi connectivity index (χ3n) is 4.31. The van der Waals surface area contributed by atoms with Crippen LogP contribution in [0.3, 0.4) is 0 Å². The molecule has 2 aromatic carbocycles. The molecule has 4 aromatic rings. The fourth-order valence-corrected chi connectivity index (χ4v) is 3.28. The average Bonchev–Trinajstić information content (AvgIpc) is 3.07. The molecule has 1 atom stereocenters. The highest BCUT2D eigenvalue weighted by atomic mass is 79.9. The van der Waals surface area contributed by atoms with E-state index in [4.69, 9.17) is 0 Å². The van der Waals surface area contributed by atoms with Crippen molar-refractivity contribution >= 4 is 27.0 Å². The van der Waals surface area contributed by atoms with Crippen molar-refractivity contribution in [1.29, 1.82) is 0 Å². The first-order valence-electron chi connectivity index (χ1n) is 8.10. The first-order chi connectivity index (χ1) is 12.5. The Morgan fingerprint density at radius 2 is 1.96 bits per heavy atom. The first-order valence-corrected chi connectivity index (χ1v) is 8.89. The third kappa shape index (κ3) is 3.02. The lowest BCUT2D eigenvalue weighted by Crippen LogP contribution is -1.95. The van der Waals surface area contributed by atoms with Crippen LogP contribution in [0.1, 0.15) is 18.6 Å². The number of aromatic nitrogens is 3. The van der Waals surface area contributed by atoms with E-state index in [1.54, 1.807) is 19.3 Å². The van der Waals surface area contributed by atoms with E-state index < -0.39 is 6.10 Å². The van der Waals surface area contributed by atoms with Crippen molar-refractivity contribution in [2.24, 2.45) is 0 Å². The van der Waals surface area contributed by atoms with Crippen LogP contribution in [-0.4, -0.2) is 19.6 Å². The number of imidazole rings is 1. The zero-order valence-corrected chi connectivity index (χ0v) is 15.5. The molecule has 0 saturated carbocycles. The zero-order chi connectivity index (χ0) is 18.3. The molecule has 1 N–H and O–H groups in total. The van der Waals surface area contributed by atoms with E-state index in [0.29, 0.717) is 10.2 Å². The molecule has 4 nitrogen and oxygen atoms in total. The van der Waals surface area contributed by atoms with Gasteiger partial charge < -0.3 is 5.11 Å². The molecule has 6 heteroatoms. The normalized spacial score (nSPS) is 12.5. The number of hydrogen-bond acceptors (Lipinski definition) is 3. The van der Waals surface area contributed by atoms with Gasteiger partial charge in [0.25, 0.3) is 0 Å². The molecule has 2 heterocycles. The Bertz CT molecular complexity index is 1110. The van der Waals surface area contributed by atoms with E-state index in [1.807, 2.05) is 47.0 Å². The Morgan fingerprint density at radius 3 is 2.77 bits per heavy atom. The van der Waals surface area contributed by atoms with Gasteiger partial charge in [-0.1, -0.05) is 18.2 Å². The van der Waals surface area contributed by atoms with Crippen molar-refractivity contribution in [3.8, 4) is 16.8 Å². The van der Waals surface area contributed by atoms with Gasteiger partial charge in [-0.2, -0.15) is 0 Å². The van der Waals surface area contributed by atoms with Gasteiger partial charge in [-0.3, -0.25) is 4.57 Å². The second kappa shape index (κ2) is 6.63. The van der Waals surface area contributed by atoms with Crippen LogP contribution in [-0.2, 0) is 0 Å². The summed E-state index contributed by atoms with van der Waals surface area (Å²) in [6, 6.07) is 15.0. The van der Waals surface area contributed by atoms with Gasteiger partial charge in [-0.05, 0) is 64.3 Å². The van der Waals surface area contributed by atoms with Gasteiger partial charge in [-0.15, -0.1) is 0 Å². The van der Waals surface area contributed by atoms with Gasteiger partial charge in [0.1, 0.15) is 16.7 Å². The second-order valence-electron chi connectivity index (χ2n) is 6.08. The number of benzene rings is 2. The van der Waals surface area contributed by atoms with Crippen molar-refractivity contribution in [2.75, 3.05) is 0 Å². The largest absolute Gasteiger partial charge is 0.389 e. The van der Waals surface area contributed by atoms with Gasteiger partial charge in [-0.25, -0.2) is 14.4 Å². The summed E-state index contributed by atoms with van der Waals surface area (Å²) >= 11 is 3.29. The first kappa shape index (κ1) is 16.9. The number of hydrogen-bond donors (Lipinski definition) is 1. The number of aliphatic hydroxyl groups is 1. The summed E-state index contributed by atoms with van der Waals surface area (Å²) in [5, 5.41) is 9.74. The summed E-state index contributed by atoms with van der Waals surface area (Å²) in [6.07, 6.45) is 2.39. The Morgan fingerprint density at radius 1 is 1.12 bits per heavy atom. The fourth-order valence-electron chi connectivity index (χ4n) is 2.95. The van der Waals surface area contributed by atoms with E-state index in [9.17, 15) is 9.50 Å². The summed E-state index contributed by atoms with van der Waals surface area (Å²) in [5.41, 5.74) is 4.65. The van der Waals surface area contributed by atoms with E-state index in [0.717, 1.165) is 27.8 Å². The summed E-state index contributed by atoms with van der Waals surface area (Å²) in [5.74, 6) is -0.373. The minimum Gasteiger partial charge on any atom is -0.389 e. The van der Waals surface area contributed by atoms with E-state index >= 15 is 0 Å². The van der Waals surface area contributed by atoms with Crippen LogP contribution in [0.5, 0.6) is 0 Å². The molecule has 0 unspecified atom stereocenters. The molecule has 0 spiro atoms. The molecule has 0 bridgehead atoms. The lowest BCUT2D eigenvalue weighted by atomic mass is 10.1. The van der Waals surface area contributed by atoms with Crippen LogP contribution in [0.15, 0.2) is 65.7 Å². The smallest absolute Gasteiger partial charge is 0.149 e. The Kier molecular flexibility index (Phi) is 4.30. The maximum Gasteiger partial charge on any atom is 0.149 e. The minimum absolute atomic E-state index is 0.373. The maximum atomic E-state index is 14.2. The van der Waals surface area contributed by atoms with Crippen molar-refractivity contribution in [2.45, 2.75) is 13.0 Å². The molecule has 4 rings (SSSR count). The van der Waals surface area contributed by atoms with E-state index in [2.05, 4.69) is 25.9 Å². The van der Waals surface area contributed by atoms with Gasteiger partial charge in [0.05, 0.1) is 23.3 Å². The lowest BCUT2D eigenvalue weighted by molar-refractivity contribution is 0.199. The molecule has 0 amide bonds. The standard InChI is InChI=1S/C20H15BrFN3O/c1-12(26)13-5-6-19-18(8-13)24-11-25(19)15-4-2-3-14(7-15)16-9-20(21)23-10-17(16)22/h2-12,26H,1H3/t12-/m0/s1. The van der Waals surface area contributed by atoms with Crippen LogP contribution >= 0.6 is 15.9 Å². The maximum absolute atomic E-state index is 14.2. The molecule has 0 radical (unpaired) electrons. The second-order valence-corrected chi connectivity index (χ2v) is 6.89. The van der Waals surface area contributed by atoms with Gasteiger partial charge in [0, 0.05) is 11.3 Å². The summed E-state index contributed by atoms with van der Waals surface area (Å²) in [6.45, 7) is 1.73. The predicted molar refractivity (Wildman–Crippen MR) is 103 cm³/mol. The van der Waals surface area contributed by atoms with Crippen LogP contribution in [0.4, 0.5) is 4.39 Å². The number of rotatable bonds is 3. The Labute approximate surface area is 158 Å². The molecule has 2 aromatic heterocycles. The Balaban J connectivity index is 1.82. The highest BCUT2D eigenvalue weighted by Crippen LogP contribution is 2.28. The van der Waals surface area contributed by atoms with Crippen molar-refractivity contribution in [3.63, 3.8) is 0 Å². The predicted octanol–water partition coefficient (Wildman–Crippen LogP) is 5.04. The van der Waals surface area contributed by atoms with Crippen molar-refractivity contribution < 1.29 is 9.50 Å². The van der Waals surface area contributed by atoms with Crippen LogP contribution in [0.2, 0.25) is 0 Å². The number of nitrogens with zero attached hydrogens (tertiary/aromatic N) is 3. The highest BCUT2D eigenvalue weighted by molar-refractivity contribution is 9.10. The molecule has 26 heavy (non-hydrogen) atoms. The lowest BCUT2D eigenvalue weighted by Gasteiger charge is -2.09. The SMILES string of the molecule is C[C@H](O)c1ccc2c(c1)ncn2-c1cccc(-c2cc(Br)ncc2F)c1. The minimum atomic E-state index is -0.541. The molecule has 0 aliphatic heterocycles. The molecule has 0 fully saturated rings. The fraction of sp³-hybridized carbons (Fsp3) is 0.100. The summed E-state index contributed by atoms with van der Waals surface area (Å²) < 4.78 is 16.7. The topological polar surface area (TPSA) is 50.9 Å². The average molecular weight is 412 g/mol. The number of halogens is 2. The molecule has 0 aliphatic rings. The van der Waals surface area contributed by atoms with Gasteiger partial charge in [0.2, 0.25) is 0 Å². The van der Waals surface area contributed by atoms with Crippen LogP contribution < -0.4 is 0 Å². The number of aliphatic hydroxyl groups excluding tert-OH is 1. The van der Waals surface area contributed by atoms with Gasteiger partial charge >= 0.3 is 0 Å². The molecule has 0 saturated heterocycles. The van der Waals surface area contributed by atoms with Crippen molar-refractivity contribution in [1.82, 2.24) is 14.5 Å². The van der Waals surface area contributed by atoms with Crippen LogP contribution in [0, 0.1) is 5.82 Å². The molecule has 130 valence electrons. The number of pyridine rings is 1. The van der Waals surface area contributed by atoms with Crippen molar-refractivity contribution in [3.05, 3.63) is 77.0 Å². The summed E-state index contributed by atoms with van der Waals surface area (Å²) in [4.78, 5) is 8.34. The quantitative estimate of drug-likeness (QED) is 0.480. The summed E-state index contributed by atoms with van der Waals surface area (Å²) in [7, 11) is 0. The van der Waals surface area contributed by atoms with E-state index in [-0.39, 0.29) is 5.82 Å². The van der Waals surface area contributed by atoms with Gasteiger partial charge in [0.15, 0.2) is 0 Å². The zero-order valence-electron chi connectivity index (χ0n) is 13.9. The Hall–Kier alpha value is -2.57. The monoisotopic (exact) mass is 411 g/mol. The molecule has 0 aliphatic carbocycles. The highest BCUT2D eigenvalue weighted by Gasteiger charge is 2.11. The molecular weight excluding hydrogens is 397 g/mol. The van der Waals surface area contributed by atoms with Crippen LogP contribution in [0.25, 0.3) is 27.8 Å².